The molecule has 0 unspecified atom stereocenters. The van der Waals surface area contributed by atoms with E-state index in [2.05, 4.69) is 35.9 Å². The van der Waals surface area contributed by atoms with E-state index in [9.17, 15) is 0 Å². The topological polar surface area (TPSA) is 60.0 Å². The predicted octanol–water partition coefficient (Wildman–Crippen LogP) is 1.42. The molecule has 98 valence electrons. The first-order valence-electron chi connectivity index (χ1n) is 6.42. The number of nitrogens with two attached hydrogens (primary N) is 1. The molecule has 1 aromatic rings. The fraction of sp³-hybridized carbons (Fsp3) is 0.833. The molecule has 0 aliphatic carbocycles. The van der Waals surface area contributed by atoms with Gasteiger partial charge in [-0.1, -0.05) is 6.42 Å². The van der Waals surface area contributed by atoms with Gasteiger partial charge in [-0.3, -0.25) is 4.90 Å². The smallest absolute Gasteiger partial charge is 0.141 e. The van der Waals surface area contributed by atoms with Crippen LogP contribution in [0.5, 0.6) is 0 Å². The maximum atomic E-state index is 5.47. The van der Waals surface area contributed by atoms with E-state index in [4.69, 9.17) is 5.73 Å². The van der Waals surface area contributed by atoms with Crippen LogP contribution in [0.15, 0.2) is 6.33 Å². The van der Waals surface area contributed by atoms with Crippen molar-refractivity contribution in [2.24, 2.45) is 5.73 Å². The predicted molar refractivity (Wildman–Crippen MR) is 69.6 cm³/mol. The molecule has 5 heteroatoms. The zero-order chi connectivity index (χ0) is 12.7. The van der Waals surface area contributed by atoms with Gasteiger partial charge in [0.05, 0.1) is 6.54 Å². The summed E-state index contributed by atoms with van der Waals surface area (Å²) in [6, 6.07) is 0.373. The van der Waals surface area contributed by atoms with Gasteiger partial charge >= 0.3 is 0 Å². The third-order valence-corrected chi connectivity index (χ3v) is 2.79. The molecule has 0 aromatic carbocycles. The van der Waals surface area contributed by atoms with Crippen LogP contribution in [0.2, 0.25) is 0 Å². The molecule has 0 radical (unpaired) electrons. The van der Waals surface area contributed by atoms with Crippen molar-refractivity contribution in [3.8, 4) is 0 Å². The third kappa shape index (κ3) is 4.83. The van der Waals surface area contributed by atoms with Crippen LogP contribution in [0, 0.1) is 0 Å². The molecule has 17 heavy (non-hydrogen) atoms. The van der Waals surface area contributed by atoms with Gasteiger partial charge in [-0.05, 0) is 46.8 Å². The highest BCUT2D eigenvalue weighted by Crippen LogP contribution is 2.07. The van der Waals surface area contributed by atoms with Gasteiger partial charge in [-0.25, -0.2) is 9.67 Å². The number of aromatic nitrogens is 3. The van der Waals surface area contributed by atoms with E-state index in [0.717, 1.165) is 31.9 Å². The summed E-state index contributed by atoms with van der Waals surface area (Å²) in [5, 5.41) is 4.24. The Hall–Kier alpha value is -0.940. The Kier molecular flexibility index (Phi) is 6.15. The van der Waals surface area contributed by atoms with Crippen LogP contribution in [0.3, 0.4) is 0 Å². The van der Waals surface area contributed by atoms with Gasteiger partial charge in [0, 0.05) is 6.04 Å². The van der Waals surface area contributed by atoms with Crippen LogP contribution < -0.4 is 5.73 Å². The molecule has 0 spiro atoms. The van der Waals surface area contributed by atoms with Crippen LogP contribution in [0.25, 0.3) is 0 Å². The van der Waals surface area contributed by atoms with Gasteiger partial charge < -0.3 is 5.73 Å². The number of nitrogens with zero attached hydrogens (tertiary/aromatic N) is 4. The highest BCUT2D eigenvalue weighted by Gasteiger charge is 2.09. The van der Waals surface area contributed by atoms with E-state index < -0.39 is 0 Å². The van der Waals surface area contributed by atoms with Crippen LogP contribution in [-0.4, -0.2) is 39.8 Å². The molecule has 0 aliphatic heterocycles. The molecule has 0 aliphatic rings. The molecule has 5 nitrogen and oxygen atoms in total. The quantitative estimate of drug-likeness (QED) is 0.697. The summed E-state index contributed by atoms with van der Waals surface area (Å²) in [5.41, 5.74) is 5.47. The summed E-state index contributed by atoms with van der Waals surface area (Å²) in [6.07, 6.45) is 5.16. The first-order valence-corrected chi connectivity index (χ1v) is 6.42. The molecule has 0 atom stereocenters. The maximum absolute atomic E-state index is 5.47. The Balaban J connectivity index is 2.34. The Morgan fingerprint density at radius 3 is 2.76 bits per heavy atom. The zero-order valence-corrected chi connectivity index (χ0v) is 11.3. The minimum absolute atomic E-state index is 0.373. The molecule has 0 saturated carbocycles. The average Bonchev–Trinajstić information content (AvgIpc) is 2.72. The van der Waals surface area contributed by atoms with Crippen LogP contribution in [0.1, 0.15) is 45.0 Å². The lowest BCUT2D eigenvalue weighted by molar-refractivity contribution is 0.298. The molecule has 0 bridgehead atoms. The molecule has 1 rings (SSSR count). The first kappa shape index (κ1) is 14.1. The van der Waals surface area contributed by atoms with Gasteiger partial charge in [0.1, 0.15) is 12.2 Å². The molecule has 2 N–H and O–H groups in total. The summed E-state index contributed by atoms with van der Waals surface area (Å²) in [7, 11) is 2.13. The Labute approximate surface area is 104 Å². The monoisotopic (exact) mass is 239 g/mol. The molecule has 0 amide bonds. The van der Waals surface area contributed by atoms with Gasteiger partial charge in [0.25, 0.3) is 0 Å². The highest BCUT2D eigenvalue weighted by molar-refractivity contribution is 4.86. The van der Waals surface area contributed by atoms with Crippen molar-refractivity contribution >= 4 is 0 Å². The van der Waals surface area contributed by atoms with Crippen molar-refractivity contribution < 1.29 is 0 Å². The fourth-order valence-corrected chi connectivity index (χ4v) is 1.84. The summed E-state index contributed by atoms with van der Waals surface area (Å²) in [5.74, 6) is 1.04. The maximum Gasteiger partial charge on any atom is 0.141 e. The molecular weight excluding hydrogens is 214 g/mol. The van der Waals surface area contributed by atoms with Crippen molar-refractivity contribution in [2.75, 3.05) is 20.1 Å². The fourth-order valence-electron chi connectivity index (χ4n) is 1.84. The Bertz CT molecular complexity index is 308. The van der Waals surface area contributed by atoms with Crippen LogP contribution in [-0.2, 0) is 6.54 Å². The second kappa shape index (κ2) is 7.40. The van der Waals surface area contributed by atoms with E-state index in [1.54, 1.807) is 6.33 Å². The van der Waals surface area contributed by atoms with E-state index in [1.165, 1.54) is 12.8 Å². The lowest BCUT2D eigenvalue weighted by Crippen LogP contribution is -2.22. The SMILES string of the molecule is CC(C)n1ncnc1CN(C)CCCCCN. The lowest BCUT2D eigenvalue weighted by atomic mass is 10.2. The average molecular weight is 239 g/mol. The Morgan fingerprint density at radius 2 is 2.12 bits per heavy atom. The summed E-state index contributed by atoms with van der Waals surface area (Å²) < 4.78 is 1.98. The lowest BCUT2D eigenvalue weighted by Gasteiger charge is -2.17. The molecule has 1 aromatic heterocycles. The van der Waals surface area contributed by atoms with Crippen molar-refractivity contribution in [2.45, 2.75) is 45.7 Å². The largest absolute Gasteiger partial charge is 0.330 e. The number of unbranched alkanes of at least 4 members (excludes halogenated alkanes) is 2. The van der Waals surface area contributed by atoms with Gasteiger partial charge in [0.2, 0.25) is 0 Å². The Morgan fingerprint density at radius 1 is 1.35 bits per heavy atom. The number of hydrogen-bond donors (Lipinski definition) is 1. The van der Waals surface area contributed by atoms with Crippen LogP contribution in [0.4, 0.5) is 0 Å². The minimum Gasteiger partial charge on any atom is -0.330 e. The van der Waals surface area contributed by atoms with Gasteiger partial charge in [-0.15, -0.1) is 0 Å². The minimum atomic E-state index is 0.373. The standard InChI is InChI=1S/C12H25N5/c1-11(2)17-12(14-10-15-17)9-16(3)8-6-4-5-7-13/h10-11H,4-9,13H2,1-3H3. The molecule has 0 fully saturated rings. The molecule has 0 saturated heterocycles. The molecular formula is C12H25N5. The van der Waals surface area contributed by atoms with E-state index in [-0.39, 0.29) is 0 Å². The summed E-state index contributed by atoms with van der Waals surface area (Å²) in [6.45, 7) is 7.00. The van der Waals surface area contributed by atoms with Crippen molar-refractivity contribution in [3.05, 3.63) is 12.2 Å². The number of hydrogen-bond acceptors (Lipinski definition) is 4. The van der Waals surface area contributed by atoms with Crippen molar-refractivity contribution in [1.82, 2.24) is 19.7 Å². The van der Waals surface area contributed by atoms with Crippen molar-refractivity contribution in [1.29, 1.82) is 0 Å². The van der Waals surface area contributed by atoms with Gasteiger partial charge in [0.15, 0.2) is 0 Å². The van der Waals surface area contributed by atoms with Crippen LogP contribution >= 0.6 is 0 Å². The van der Waals surface area contributed by atoms with E-state index >= 15 is 0 Å². The highest BCUT2D eigenvalue weighted by atomic mass is 15.4. The first-order chi connectivity index (χ1) is 8.15. The zero-order valence-electron chi connectivity index (χ0n) is 11.3. The second-order valence-electron chi connectivity index (χ2n) is 4.80. The third-order valence-electron chi connectivity index (χ3n) is 2.79. The number of rotatable bonds is 8. The van der Waals surface area contributed by atoms with Gasteiger partial charge in [-0.2, -0.15) is 5.10 Å². The summed E-state index contributed by atoms with van der Waals surface area (Å²) >= 11 is 0. The van der Waals surface area contributed by atoms with Crippen molar-refractivity contribution in [3.63, 3.8) is 0 Å². The van der Waals surface area contributed by atoms with E-state index in [1.807, 2.05) is 4.68 Å². The molecule has 1 heterocycles. The normalized spacial score (nSPS) is 11.6. The summed E-state index contributed by atoms with van der Waals surface area (Å²) in [4.78, 5) is 6.60. The second-order valence-corrected chi connectivity index (χ2v) is 4.80. The van der Waals surface area contributed by atoms with E-state index in [0.29, 0.717) is 6.04 Å².